The average molecular weight is 255 g/mol. The zero-order valence-electron chi connectivity index (χ0n) is 11.5. The molecule has 0 unspecified atom stereocenters. The minimum Gasteiger partial charge on any atom is -0.377 e. The Morgan fingerprint density at radius 2 is 2.18 bits per heavy atom. The highest BCUT2D eigenvalue weighted by atomic mass is 32.1. The molecule has 0 aliphatic heterocycles. The maximum Gasteiger partial charge on any atom is 0.0727 e. The van der Waals surface area contributed by atoms with Gasteiger partial charge >= 0.3 is 0 Å². The van der Waals surface area contributed by atoms with Crippen LogP contribution in [-0.2, 0) is 17.9 Å². The van der Waals surface area contributed by atoms with E-state index in [4.69, 9.17) is 4.74 Å². The van der Waals surface area contributed by atoms with Gasteiger partial charge in [0.25, 0.3) is 0 Å². The molecule has 2 nitrogen and oxygen atoms in total. The Morgan fingerprint density at radius 3 is 2.82 bits per heavy atom. The first-order valence-corrected chi connectivity index (χ1v) is 7.25. The van der Waals surface area contributed by atoms with Crippen molar-refractivity contribution in [2.24, 2.45) is 5.92 Å². The van der Waals surface area contributed by atoms with Crippen LogP contribution in [0.15, 0.2) is 6.07 Å². The van der Waals surface area contributed by atoms with Gasteiger partial charge in [-0.3, -0.25) is 0 Å². The summed E-state index contributed by atoms with van der Waals surface area (Å²) in [6.45, 7) is 9.30. The molecule has 0 atom stereocenters. The molecule has 1 aromatic rings. The normalized spacial score (nSPS) is 11.4. The van der Waals surface area contributed by atoms with Gasteiger partial charge < -0.3 is 10.1 Å². The van der Waals surface area contributed by atoms with Crippen molar-refractivity contribution in [2.75, 3.05) is 13.7 Å². The Labute approximate surface area is 109 Å². The van der Waals surface area contributed by atoms with Gasteiger partial charge in [0.2, 0.25) is 0 Å². The van der Waals surface area contributed by atoms with Crippen molar-refractivity contribution in [3.8, 4) is 0 Å². The topological polar surface area (TPSA) is 21.3 Å². The summed E-state index contributed by atoms with van der Waals surface area (Å²) in [4.78, 5) is 2.78. The van der Waals surface area contributed by atoms with Crippen LogP contribution in [0.2, 0.25) is 0 Å². The molecule has 0 radical (unpaired) electrons. The van der Waals surface area contributed by atoms with Crippen molar-refractivity contribution in [1.29, 1.82) is 0 Å². The maximum atomic E-state index is 5.73. The number of aryl methyl sites for hydroxylation is 1. The quantitative estimate of drug-likeness (QED) is 0.715. The number of rotatable bonds is 8. The second-order valence-corrected chi connectivity index (χ2v) is 6.25. The van der Waals surface area contributed by atoms with E-state index < -0.39 is 0 Å². The molecule has 0 fully saturated rings. The van der Waals surface area contributed by atoms with Gasteiger partial charge in [-0.15, -0.1) is 11.3 Å². The Kier molecular flexibility index (Phi) is 6.78. The largest absolute Gasteiger partial charge is 0.377 e. The van der Waals surface area contributed by atoms with Crippen LogP contribution in [0.4, 0.5) is 0 Å². The lowest BCUT2D eigenvalue weighted by Gasteiger charge is -2.05. The first kappa shape index (κ1) is 14.7. The summed E-state index contributed by atoms with van der Waals surface area (Å²) >= 11 is 1.87. The summed E-state index contributed by atoms with van der Waals surface area (Å²) < 4.78 is 5.73. The van der Waals surface area contributed by atoms with Crippen LogP contribution >= 0.6 is 11.3 Å². The molecule has 0 saturated carbocycles. The van der Waals surface area contributed by atoms with E-state index in [9.17, 15) is 0 Å². The minimum atomic E-state index is 0.768. The van der Waals surface area contributed by atoms with E-state index in [0.717, 1.165) is 25.7 Å². The molecule has 1 heterocycles. The van der Waals surface area contributed by atoms with E-state index in [1.165, 1.54) is 28.2 Å². The highest BCUT2D eigenvalue weighted by Crippen LogP contribution is 2.22. The lowest BCUT2D eigenvalue weighted by molar-refractivity contribution is 0.115. The fraction of sp³-hybridized carbons (Fsp3) is 0.714. The van der Waals surface area contributed by atoms with Crippen LogP contribution in [0.25, 0.3) is 0 Å². The van der Waals surface area contributed by atoms with Gasteiger partial charge in [-0.1, -0.05) is 13.8 Å². The third-order valence-electron chi connectivity index (χ3n) is 2.75. The second-order valence-electron chi connectivity index (χ2n) is 4.91. The maximum absolute atomic E-state index is 5.73. The second kappa shape index (κ2) is 7.85. The molecule has 1 N–H and O–H groups in total. The van der Waals surface area contributed by atoms with E-state index in [1.54, 1.807) is 0 Å². The van der Waals surface area contributed by atoms with Gasteiger partial charge in [0.05, 0.1) is 6.61 Å². The molecule has 0 aromatic carbocycles. The lowest BCUT2D eigenvalue weighted by Crippen LogP contribution is -2.02. The molecule has 0 aliphatic carbocycles. The fourth-order valence-corrected chi connectivity index (χ4v) is 2.83. The number of ether oxygens (including phenoxy) is 1. The Morgan fingerprint density at radius 1 is 1.41 bits per heavy atom. The van der Waals surface area contributed by atoms with Crippen molar-refractivity contribution in [3.63, 3.8) is 0 Å². The van der Waals surface area contributed by atoms with Crippen molar-refractivity contribution in [2.45, 2.75) is 46.8 Å². The van der Waals surface area contributed by atoms with E-state index in [1.807, 2.05) is 18.4 Å². The number of hydrogen-bond donors (Lipinski definition) is 1. The van der Waals surface area contributed by atoms with Gasteiger partial charge in [-0.2, -0.15) is 0 Å². The highest BCUT2D eigenvalue weighted by Gasteiger charge is 2.05. The Bertz CT molecular complexity index is 320. The summed E-state index contributed by atoms with van der Waals surface area (Å²) in [5.74, 6) is 0.781. The molecule has 3 heteroatoms. The predicted octanol–water partition coefficient (Wildman–Crippen LogP) is 3.73. The van der Waals surface area contributed by atoms with Crippen LogP contribution in [0, 0.1) is 12.8 Å². The Hall–Kier alpha value is -0.380. The monoisotopic (exact) mass is 255 g/mol. The van der Waals surface area contributed by atoms with Crippen LogP contribution in [-0.4, -0.2) is 13.7 Å². The summed E-state index contributed by atoms with van der Waals surface area (Å²) in [7, 11) is 1.98. The highest BCUT2D eigenvalue weighted by molar-refractivity contribution is 7.12. The molecule has 0 saturated heterocycles. The molecule has 1 rings (SSSR count). The van der Waals surface area contributed by atoms with Gasteiger partial charge in [-0.25, -0.2) is 0 Å². The molecule has 98 valence electrons. The van der Waals surface area contributed by atoms with Crippen molar-refractivity contribution < 1.29 is 4.74 Å². The van der Waals surface area contributed by atoms with E-state index in [0.29, 0.717) is 0 Å². The van der Waals surface area contributed by atoms with Gasteiger partial charge in [-0.05, 0) is 44.4 Å². The van der Waals surface area contributed by atoms with Crippen molar-refractivity contribution >= 4 is 11.3 Å². The SMILES string of the molecule is CNCc1cc(COCCCC(C)C)c(C)s1. The third-order valence-corrected chi connectivity index (χ3v) is 3.84. The van der Waals surface area contributed by atoms with E-state index in [2.05, 4.69) is 32.2 Å². The molecule has 0 aliphatic rings. The van der Waals surface area contributed by atoms with Gasteiger partial charge in [0.1, 0.15) is 0 Å². The summed E-state index contributed by atoms with van der Waals surface area (Å²) in [5.41, 5.74) is 1.35. The van der Waals surface area contributed by atoms with Crippen LogP contribution in [0.5, 0.6) is 0 Å². The summed E-state index contributed by atoms with van der Waals surface area (Å²) in [6, 6.07) is 2.26. The molecule has 0 bridgehead atoms. The van der Waals surface area contributed by atoms with E-state index in [-0.39, 0.29) is 0 Å². The fourth-order valence-electron chi connectivity index (χ4n) is 1.77. The first-order valence-electron chi connectivity index (χ1n) is 6.44. The zero-order chi connectivity index (χ0) is 12.7. The van der Waals surface area contributed by atoms with Gasteiger partial charge in [0.15, 0.2) is 0 Å². The Balaban J connectivity index is 2.26. The average Bonchev–Trinajstić information content (AvgIpc) is 2.59. The van der Waals surface area contributed by atoms with Gasteiger partial charge in [0, 0.05) is 22.9 Å². The molecule has 17 heavy (non-hydrogen) atoms. The molecular formula is C14H25NOS. The van der Waals surface area contributed by atoms with Crippen LogP contribution < -0.4 is 5.32 Å². The van der Waals surface area contributed by atoms with Crippen molar-refractivity contribution in [3.05, 3.63) is 21.4 Å². The number of hydrogen-bond acceptors (Lipinski definition) is 3. The molecule has 0 amide bonds. The lowest BCUT2D eigenvalue weighted by atomic mass is 10.1. The third kappa shape index (κ3) is 5.66. The smallest absolute Gasteiger partial charge is 0.0727 e. The number of thiophene rings is 1. The summed E-state index contributed by atoms with van der Waals surface area (Å²) in [5, 5.41) is 3.18. The van der Waals surface area contributed by atoms with Crippen molar-refractivity contribution in [1.82, 2.24) is 5.32 Å². The predicted molar refractivity (Wildman–Crippen MR) is 75.5 cm³/mol. The number of nitrogens with one attached hydrogen (secondary N) is 1. The molecule has 1 aromatic heterocycles. The van der Waals surface area contributed by atoms with Crippen LogP contribution in [0.3, 0.4) is 0 Å². The molecule has 0 spiro atoms. The van der Waals surface area contributed by atoms with Crippen LogP contribution in [0.1, 0.15) is 42.0 Å². The first-order chi connectivity index (χ1) is 8.13. The molecular weight excluding hydrogens is 230 g/mol. The standard InChI is InChI=1S/C14H25NOS/c1-11(2)6-5-7-16-10-13-8-14(9-15-4)17-12(13)3/h8,11,15H,5-7,9-10H2,1-4H3. The zero-order valence-corrected chi connectivity index (χ0v) is 12.3. The minimum absolute atomic E-state index is 0.768. The summed E-state index contributed by atoms with van der Waals surface area (Å²) in [6.07, 6.45) is 2.43. The van der Waals surface area contributed by atoms with E-state index >= 15 is 0 Å².